The summed E-state index contributed by atoms with van der Waals surface area (Å²) in [7, 11) is 1.94. The fourth-order valence-electron chi connectivity index (χ4n) is 1.58. The molecule has 1 aromatic heterocycles. The van der Waals surface area contributed by atoms with Crippen LogP contribution in [0.2, 0.25) is 0 Å². The minimum Gasteiger partial charge on any atom is -0.268 e. The Kier molecular flexibility index (Phi) is 3.50. The van der Waals surface area contributed by atoms with Gasteiger partial charge in [-0.15, -0.1) is 0 Å². The summed E-state index contributed by atoms with van der Waals surface area (Å²) in [5, 5.41) is 6.41. The van der Waals surface area contributed by atoms with E-state index >= 15 is 0 Å². The molecule has 1 aromatic carbocycles. The van der Waals surface area contributed by atoms with E-state index in [1.54, 1.807) is 12.4 Å². The molecule has 0 unspecified atom stereocenters. The van der Waals surface area contributed by atoms with Crippen LogP contribution in [0.1, 0.15) is 12.5 Å². The summed E-state index contributed by atoms with van der Waals surface area (Å²) >= 11 is 0. The number of benzene rings is 1. The lowest BCUT2D eigenvalue weighted by Crippen LogP contribution is -2.12. The lowest BCUT2D eigenvalue weighted by Gasteiger charge is -2.14. The fraction of sp³-hybridized carbons (Fsp3) is 0.143. The highest BCUT2D eigenvalue weighted by Crippen LogP contribution is 2.12. The Morgan fingerprint density at radius 1 is 1.06 bits per heavy atom. The van der Waals surface area contributed by atoms with Gasteiger partial charge >= 0.3 is 0 Å². The van der Waals surface area contributed by atoms with Gasteiger partial charge in [0.2, 0.25) is 0 Å². The third kappa shape index (κ3) is 2.91. The molecule has 0 bridgehead atoms. The highest BCUT2D eigenvalue weighted by atomic mass is 15.4. The van der Waals surface area contributed by atoms with Crippen LogP contribution in [-0.2, 0) is 0 Å². The minimum atomic E-state index is 0.971. The Balaban J connectivity index is 2.20. The van der Waals surface area contributed by atoms with Crippen molar-refractivity contribution in [3.8, 4) is 0 Å². The van der Waals surface area contributed by atoms with Crippen LogP contribution >= 0.6 is 0 Å². The minimum absolute atomic E-state index is 0.971. The van der Waals surface area contributed by atoms with Crippen molar-refractivity contribution < 1.29 is 0 Å². The zero-order valence-corrected chi connectivity index (χ0v) is 10.0. The van der Waals surface area contributed by atoms with Crippen LogP contribution in [0.3, 0.4) is 0 Å². The van der Waals surface area contributed by atoms with Crippen LogP contribution in [0, 0.1) is 0 Å². The molecule has 0 amide bonds. The van der Waals surface area contributed by atoms with E-state index in [4.69, 9.17) is 0 Å². The van der Waals surface area contributed by atoms with E-state index in [9.17, 15) is 0 Å². The molecule has 3 heteroatoms. The molecular weight excluding hydrogens is 210 g/mol. The molecule has 86 valence electrons. The van der Waals surface area contributed by atoms with Gasteiger partial charge in [-0.3, -0.25) is 9.99 Å². The van der Waals surface area contributed by atoms with E-state index in [1.807, 2.05) is 61.4 Å². The maximum atomic E-state index is 4.54. The van der Waals surface area contributed by atoms with Crippen molar-refractivity contribution >= 4 is 11.4 Å². The Labute approximate surface area is 101 Å². The molecule has 0 aliphatic carbocycles. The summed E-state index contributed by atoms with van der Waals surface area (Å²) in [5.41, 5.74) is 3.13. The molecule has 0 fully saturated rings. The van der Waals surface area contributed by atoms with Crippen molar-refractivity contribution in [2.75, 3.05) is 12.1 Å². The molecule has 0 saturated heterocycles. The lowest BCUT2D eigenvalue weighted by atomic mass is 10.2. The number of aromatic nitrogens is 1. The zero-order chi connectivity index (χ0) is 12.1. The molecule has 3 nitrogen and oxygen atoms in total. The normalized spacial score (nSPS) is 11.3. The first-order chi connectivity index (χ1) is 8.27. The summed E-state index contributed by atoms with van der Waals surface area (Å²) in [6.07, 6.45) is 3.55. The first kappa shape index (κ1) is 11.3. The molecular formula is C14H15N3. The molecule has 0 atom stereocenters. The fourth-order valence-corrected chi connectivity index (χ4v) is 1.58. The van der Waals surface area contributed by atoms with Crippen molar-refractivity contribution in [2.24, 2.45) is 5.10 Å². The maximum absolute atomic E-state index is 4.54. The molecule has 1 heterocycles. The standard InChI is InChI=1S/C14H15N3/c1-12(13-8-10-15-11-9-13)16-17(2)14-6-4-3-5-7-14/h3-11H,1-2H3/b16-12+. The highest BCUT2D eigenvalue weighted by Gasteiger charge is 2.00. The van der Waals surface area contributed by atoms with E-state index in [2.05, 4.69) is 10.1 Å². The van der Waals surface area contributed by atoms with Gasteiger partial charge in [0.05, 0.1) is 11.4 Å². The van der Waals surface area contributed by atoms with Crippen molar-refractivity contribution in [2.45, 2.75) is 6.92 Å². The monoisotopic (exact) mass is 225 g/mol. The predicted octanol–water partition coefficient (Wildman–Crippen LogP) is 2.94. The molecule has 0 radical (unpaired) electrons. The first-order valence-electron chi connectivity index (χ1n) is 5.52. The van der Waals surface area contributed by atoms with Gasteiger partial charge in [0.1, 0.15) is 0 Å². The third-order valence-corrected chi connectivity index (χ3v) is 2.53. The van der Waals surface area contributed by atoms with Crippen LogP contribution in [0.4, 0.5) is 5.69 Å². The largest absolute Gasteiger partial charge is 0.268 e. The van der Waals surface area contributed by atoms with Gasteiger partial charge in [-0.1, -0.05) is 18.2 Å². The second kappa shape index (κ2) is 5.25. The average molecular weight is 225 g/mol. The number of anilines is 1. The average Bonchev–Trinajstić information content (AvgIpc) is 2.40. The Hall–Kier alpha value is -2.16. The second-order valence-corrected chi connectivity index (χ2v) is 3.78. The zero-order valence-electron chi connectivity index (χ0n) is 10.0. The summed E-state index contributed by atoms with van der Waals surface area (Å²) in [6, 6.07) is 14.0. The molecule has 2 aromatic rings. The van der Waals surface area contributed by atoms with Gasteiger partial charge in [-0.25, -0.2) is 0 Å². The number of hydrogen-bond acceptors (Lipinski definition) is 3. The molecule has 0 aliphatic rings. The number of hydrazone groups is 1. The first-order valence-corrected chi connectivity index (χ1v) is 5.52. The molecule has 0 spiro atoms. The van der Waals surface area contributed by atoms with Crippen LogP contribution < -0.4 is 5.01 Å². The number of pyridine rings is 1. The van der Waals surface area contributed by atoms with Crippen LogP contribution in [0.5, 0.6) is 0 Å². The van der Waals surface area contributed by atoms with Gasteiger partial charge in [-0.05, 0) is 31.2 Å². The van der Waals surface area contributed by atoms with E-state index in [1.165, 1.54) is 0 Å². The van der Waals surface area contributed by atoms with E-state index in [-0.39, 0.29) is 0 Å². The Bertz CT molecular complexity index is 491. The summed E-state index contributed by atoms with van der Waals surface area (Å²) in [4.78, 5) is 4.00. The van der Waals surface area contributed by atoms with Crippen LogP contribution in [0.15, 0.2) is 60.0 Å². The van der Waals surface area contributed by atoms with Gasteiger partial charge in [0.15, 0.2) is 0 Å². The summed E-state index contributed by atoms with van der Waals surface area (Å²) in [6.45, 7) is 1.99. The molecule has 17 heavy (non-hydrogen) atoms. The molecule has 0 N–H and O–H groups in total. The Morgan fingerprint density at radius 3 is 2.35 bits per heavy atom. The van der Waals surface area contributed by atoms with Gasteiger partial charge in [-0.2, -0.15) is 5.10 Å². The summed E-state index contributed by atoms with van der Waals surface area (Å²) < 4.78 is 0. The van der Waals surface area contributed by atoms with Crippen molar-refractivity contribution in [1.29, 1.82) is 0 Å². The number of para-hydroxylation sites is 1. The second-order valence-electron chi connectivity index (χ2n) is 3.78. The number of hydrogen-bond donors (Lipinski definition) is 0. The van der Waals surface area contributed by atoms with Gasteiger partial charge < -0.3 is 0 Å². The molecule has 0 saturated carbocycles. The maximum Gasteiger partial charge on any atom is 0.0651 e. The van der Waals surface area contributed by atoms with E-state index < -0.39 is 0 Å². The SMILES string of the molecule is C/C(=N\N(C)c1ccccc1)c1ccncc1. The van der Waals surface area contributed by atoms with Crippen LogP contribution in [0.25, 0.3) is 0 Å². The third-order valence-electron chi connectivity index (χ3n) is 2.53. The lowest BCUT2D eigenvalue weighted by molar-refractivity contribution is 1.01. The molecule has 2 rings (SSSR count). The van der Waals surface area contributed by atoms with Gasteiger partial charge in [0.25, 0.3) is 0 Å². The quantitative estimate of drug-likeness (QED) is 0.593. The molecule has 0 aliphatic heterocycles. The predicted molar refractivity (Wildman–Crippen MR) is 71.3 cm³/mol. The van der Waals surface area contributed by atoms with Crippen molar-refractivity contribution in [1.82, 2.24) is 4.98 Å². The Morgan fingerprint density at radius 2 is 1.71 bits per heavy atom. The van der Waals surface area contributed by atoms with Gasteiger partial charge in [0, 0.05) is 25.0 Å². The van der Waals surface area contributed by atoms with Crippen molar-refractivity contribution in [3.63, 3.8) is 0 Å². The number of rotatable bonds is 3. The number of nitrogens with zero attached hydrogens (tertiary/aromatic N) is 3. The summed E-state index contributed by atoms with van der Waals surface area (Å²) in [5.74, 6) is 0. The van der Waals surface area contributed by atoms with Crippen LogP contribution in [-0.4, -0.2) is 17.7 Å². The van der Waals surface area contributed by atoms with Crippen molar-refractivity contribution in [3.05, 3.63) is 60.4 Å². The topological polar surface area (TPSA) is 28.5 Å². The smallest absolute Gasteiger partial charge is 0.0651 e. The van der Waals surface area contributed by atoms with E-state index in [0.717, 1.165) is 17.0 Å². The highest BCUT2D eigenvalue weighted by molar-refractivity contribution is 5.99. The van der Waals surface area contributed by atoms with E-state index in [0.29, 0.717) is 0 Å².